The summed E-state index contributed by atoms with van der Waals surface area (Å²) < 4.78 is 19.3. The third-order valence-corrected chi connectivity index (χ3v) is 25.4. The Balaban J connectivity index is 0.000000144. The van der Waals surface area contributed by atoms with Gasteiger partial charge in [0.1, 0.15) is 33.5 Å². The van der Waals surface area contributed by atoms with Crippen LogP contribution in [-0.2, 0) is 5.41 Å². The van der Waals surface area contributed by atoms with E-state index in [0.29, 0.717) is 0 Å². The van der Waals surface area contributed by atoms with Crippen molar-refractivity contribution in [3.05, 3.63) is 460 Å². The fourth-order valence-electron chi connectivity index (χ4n) is 19.0. The molecule has 0 saturated carbocycles. The molecule has 3 heterocycles. The maximum Gasteiger partial charge on any atom is 0.143 e. The van der Waals surface area contributed by atoms with Crippen LogP contribution < -0.4 is 9.80 Å². The van der Waals surface area contributed by atoms with E-state index in [1.807, 2.05) is 36.4 Å². The first kappa shape index (κ1) is 73.1. The Morgan fingerprint density at radius 1 is 0.169 bits per heavy atom. The van der Waals surface area contributed by atoms with Gasteiger partial charge in [0.2, 0.25) is 0 Å². The minimum atomic E-state index is -0.0527. The number of hydrogen-bond acceptors (Lipinski definition) is 5. The molecule has 1 aliphatic rings. The van der Waals surface area contributed by atoms with Crippen molar-refractivity contribution in [2.24, 2.45) is 0 Å². The molecule has 5 heteroatoms. The number of furan rings is 3. The van der Waals surface area contributed by atoms with Crippen molar-refractivity contribution in [1.29, 1.82) is 0 Å². The van der Waals surface area contributed by atoms with Gasteiger partial charge in [-0.05, 0) is 219 Å². The standard InChI is InChI=1S/C62H41NO.C57H39NO2/c1-3-10-42(11-4-1)44-18-22-46(23-19-44)48-28-33-53(34-29-48)63(54-35-30-49(31-36-54)47-24-20-45(21-25-47)43-12-5-2-6-13-43)55-37-39-57-52(41-55)27-26-50-40-51(32-38-56(50)57)58-15-9-16-60-59-14-7-8-17-61(59)64-62(58)60;1-57(2)51-18-6-3-11-45(51)46-34-27-39(35-52(46)57)36-21-28-40(29-22-36)58(41-30-23-37(24-31-41)43-14-9-16-49-47-12-4-7-19-53(47)59-55(43)49)42-32-25-38(26-33-42)44-15-10-17-50-48-13-5-8-20-54(48)60-56(44)50/h1-41H;3-35H,1-2H3. The molecule has 584 valence electrons. The average Bonchev–Trinajstić information content (AvgIpc) is 1.51. The zero-order chi connectivity index (χ0) is 82.4. The molecule has 1 aliphatic carbocycles. The van der Waals surface area contributed by atoms with Gasteiger partial charge in [0.15, 0.2) is 0 Å². The van der Waals surface area contributed by atoms with E-state index in [1.165, 1.54) is 99.4 Å². The fourth-order valence-corrected chi connectivity index (χ4v) is 19.0. The number of para-hydroxylation sites is 6. The van der Waals surface area contributed by atoms with Gasteiger partial charge in [-0.1, -0.05) is 360 Å². The minimum Gasteiger partial charge on any atom is -0.455 e. The molecule has 0 amide bonds. The Hall–Kier alpha value is -16.1. The summed E-state index contributed by atoms with van der Waals surface area (Å²) in [5.41, 5.74) is 36.0. The minimum absolute atomic E-state index is 0.0527. The van der Waals surface area contributed by atoms with Crippen LogP contribution in [0.1, 0.15) is 25.0 Å². The van der Waals surface area contributed by atoms with Gasteiger partial charge in [0.25, 0.3) is 0 Å². The zero-order valence-electron chi connectivity index (χ0n) is 68.3. The molecule has 0 atom stereocenters. The molecule has 23 aromatic rings. The van der Waals surface area contributed by atoms with Gasteiger partial charge in [-0.25, -0.2) is 0 Å². The molecule has 0 unspecified atom stereocenters. The first-order valence-corrected chi connectivity index (χ1v) is 42.6. The first-order valence-electron chi connectivity index (χ1n) is 42.6. The summed E-state index contributed by atoms with van der Waals surface area (Å²) in [4.78, 5) is 4.70. The Morgan fingerprint density at radius 2 is 0.452 bits per heavy atom. The fraction of sp³-hybridized carbons (Fsp3) is 0.0252. The molecule has 0 bridgehead atoms. The van der Waals surface area contributed by atoms with Crippen molar-refractivity contribution >= 4 is 121 Å². The Kier molecular flexibility index (Phi) is 17.9. The summed E-state index contributed by atoms with van der Waals surface area (Å²) in [6.45, 7) is 4.68. The molecule has 0 fully saturated rings. The van der Waals surface area contributed by atoms with Crippen molar-refractivity contribution < 1.29 is 13.3 Å². The van der Waals surface area contributed by atoms with E-state index in [0.717, 1.165) is 133 Å². The van der Waals surface area contributed by atoms with Crippen LogP contribution in [0.5, 0.6) is 0 Å². The highest BCUT2D eigenvalue weighted by Gasteiger charge is 2.35. The van der Waals surface area contributed by atoms with Crippen molar-refractivity contribution in [1.82, 2.24) is 0 Å². The summed E-state index contributed by atoms with van der Waals surface area (Å²) >= 11 is 0. The van der Waals surface area contributed by atoms with E-state index in [9.17, 15) is 0 Å². The second-order valence-corrected chi connectivity index (χ2v) is 33.0. The summed E-state index contributed by atoms with van der Waals surface area (Å²) in [7, 11) is 0. The summed E-state index contributed by atoms with van der Waals surface area (Å²) in [5.74, 6) is 0. The summed E-state index contributed by atoms with van der Waals surface area (Å²) in [6, 6.07) is 161. The normalized spacial score (nSPS) is 12.2. The molecule has 20 aromatic carbocycles. The molecule has 124 heavy (non-hydrogen) atoms. The van der Waals surface area contributed by atoms with Crippen molar-refractivity contribution in [3.63, 3.8) is 0 Å². The maximum absolute atomic E-state index is 6.43. The number of anilines is 6. The van der Waals surface area contributed by atoms with Gasteiger partial charge in [0.05, 0.1) is 0 Å². The topological polar surface area (TPSA) is 45.9 Å². The first-order chi connectivity index (χ1) is 61.2. The monoisotopic (exact) mass is 1580 g/mol. The van der Waals surface area contributed by atoms with Crippen LogP contribution in [0.15, 0.2) is 462 Å². The lowest BCUT2D eigenvalue weighted by Gasteiger charge is -2.26. The van der Waals surface area contributed by atoms with Gasteiger partial charge in [-0.3, -0.25) is 0 Å². The lowest BCUT2D eigenvalue weighted by molar-refractivity contribution is 0.660. The molecule has 0 aliphatic heterocycles. The van der Waals surface area contributed by atoms with Crippen LogP contribution in [0.2, 0.25) is 0 Å². The number of rotatable bonds is 14. The predicted molar refractivity (Wildman–Crippen MR) is 520 cm³/mol. The predicted octanol–water partition coefficient (Wildman–Crippen LogP) is 34.0. The summed E-state index contributed by atoms with van der Waals surface area (Å²) in [5, 5.41) is 11.6. The van der Waals surface area contributed by atoms with Gasteiger partial charge >= 0.3 is 0 Å². The lowest BCUT2D eigenvalue weighted by Crippen LogP contribution is -2.14. The van der Waals surface area contributed by atoms with Crippen molar-refractivity contribution in [2.45, 2.75) is 19.3 Å². The molecule has 0 N–H and O–H groups in total. The number of fused-ring (bicyclic) bond motifs is 15. The molecule has 24 rings (SSSR count). The van der Waals surface area contributed by atoms with Crippen LogP contribution in [0, 0.1) is 0 Å². The third kappa shape index (κ3) is 13.0. The van der Waals surface area contributed by atoms with E-state index in [4.69, 9.17) is 13.3 Å². The molecule has 0 saturated heterocycles. The zero-order valence-corrected chi connectivity index (χ0v) is 68.3. The lowest BCUT2D eigenvalue weighted by atomic mass is 9.81. The van der Waals surface area contributed by atoms with Gasteiger partial charge < -0.3 is 23.1 Å². The molecule has 0 spiro atoms. The highest BCUT2D eigenvalue weighted by molar-refractivity contribution is 6.14. The van der Waals surface area contributed by atoms with Crippen molar-refractivity contribution in [2.75, 3.05) is 9.80 Å². The molecule has 0 radical (unpaired) electrons. The van der Waals surface area contributed by atoms with Gasteiger partial charge in [-0.2, -0.15) is 0 Å². The number of hydrogen-bond donors (Lipinski definition) is 0. The van der Waals surface area contributed by atoms with E-state index in [2.05, 4.69) is 436 Å². The van der Waals surface area contributed by atoms with E-state index < -0.39 is 0 Å². The average molecular weight is 1590 g/mol. The molecule has 5 nitrogen and oxygen atoms in total. The number of benzene rings is 20. The van der Waals surface area contributed by atoms with Crippen LogP contribution in [-0.4, -0.2) is 0 Å². The van der Waals surface area contributed by atoms with E-state index in [1.54, 1.807) is 0 Å². The maximum atomic E-state index is 6.43. The second kappa shape index (κ2) is 30.3. The highest BCUT2D eigenvalue weighted by atomic mass is 16.3. The number of nitrogens with zero attached hydrogens (tertiary/aromatic N) is 2. The van der Waals surface area contributed by atoms with E-state index >= 15 is 0 Å². The van der Waals surface area contributed by atoms with E-state index in [-0.39, 0.29) is 5.41 Å². The molecular weight excluding hydrogens is 1510 g/mol. The Morgan fingerprint density at radius 3 is 0.879 bits per heavy atom. The van der Waals surface area contributed by atoms with Crippen LogP contribution in [0.25, 0.3) is 188 Å². The van der Waals surface area contributed by atoms with Crippen LogP contribution in [0.4, 0.5) is 34.1 Å². The summed E-state index contributed by atoms with van der Waals surface area (Å²) in [6.07, 6.45) is 0. The molecular formula is C119H80N2O3. The largest absolute Gasteiger partial charge is 0.455 e. The third-order valence-electron chi connectivity index (χ3n) is 25.4. The van der Waals surface area contributed by atoms with Gasteiger partial charge in [0, 0.05) is 88.5 Å². The Labute approximate surface area is 719 Å². The van der Waals surface area contributed by atoms with Crippen LogP contribution in [0.3, 0.4) is 0 Å². The van der Waals surface area contributed by atoms with Gasteiger partial charge in [-0.15, -0.1) is 0 Å². The quantitative estimate of drug-likeness (QED) is 0.102. The Bertz CT molecular complexity index is 7720. The van der Waals surface area contributed by atoms with Crippen molar-refractivity contribution in [3.8, 4) is 100 Å². The SMILES string of the molecule is CC1(C)c2ccccc2-c2ccc(-c3ccc(N(c4ccc(-c5cccc6c5oc5ccccc56)cc4)c4ccc(-c5cccc6c5oc5ccccc56)cc4)cc3)cc21.c1ccc(-c2ccc(-c3ccc(N(c4ccc(-c5ccc(-c6ccccc6)cc5)cc4)c4ccc5c(ccc6cc(-c7cccc8c7oc7ccccc78)ccc65)c4)cc3)cc2)cc1. The smallest absolute Gasteiger partial charge is 0.143 e. The molecule has 3 aromatic heterocycles. The van der Waals surface area contributed by atoms with Crippen LogP contribution >= 0.6 is 0 Å². The highest BCUT2D eigenvalue weighted by Crippen LogP contribution is 2.51. The second-order valence-electron chi connectivity index (χ2n) is 33.0.